The first kappa shape index (κ1) is 17.1. The van der Waals surface area contributed by atoms with Gasteiger partial charge in [-0.3, -0.25) is 4.55 Å². The molecule has 3 aromatic rings. The molecule has 0 amide bonds. The zero-order chi connectivity index (χ0) is 18.2. The minimum Gasteiger partial charge on any atom is -0.282 e. The Balaban J connectivity index is 2.16. The molecule has 0 saturated carbocycles. The molecule has 0 aliphatic carbocycles. The van der Waals surface area contributed by atoms with Gasteiger partial charge in [0.15, 0.2) is 5.82 Å². The number of hydrogen-bond donors (Lipinski definition) is 1. The fourth-order valence-corrected chi connectivity index (χ4v) is 2.63. The maximum Gasteiger partial charge on any atom is 0.453 e. The summed E-state index contributed by atoms with van der Waals surface area (Å²) in [5, 5.41) is 3.49. The predicted octanol–water partition coefficient (Wildman–Crippen LogP) is 3.20. The second-order valence-corrected chi connectivity index (χ2v) is 6.43. The molecule has 0 bridgehead atoms. The number of alkyl halides is 3. The van der Waals surface area contributed by atoms with E-state index in [4.69, 9.17) is 4.55 Å². The third-order valence-electron chi connectivity index (χ3n) is 3.27. The van der Waals surface area contributed by atoms with Crippen molar-refractivity contribution in [3.63, 3.8) is 0 Å². The van der Waals surface area contributed by atoms with Gasteiger partial charge in [0.25, 0.3) is 15.9 Å². The van der Waals surface area contributed by atoms with Gasteiger partial charge >= 0.3 is 6.18 Å². The van der Waals surface area contributed by atoms with Crippen molar-refractivity contribution in [2.24, 2.45) is 0 Å². The van der Waals surface area contributed by atoms with Crippen LogP contribution < -0.4 is 0 Å². The third-order valence-corrected chi connectivity index (χ3v) is 4.14. The highest BCUT2D eigenvalue weighted by Gasteiger charge is 2.37. The number of rotatable bonds is 3. The molecule has 0 aliphatic rings. The van der Waals surface area contributed by atoms with Crippen LogP contribution in [-0.4, -0.2) is 27.7 Å². The molecule has 0 atom stereocenters. The van der Waals surface area contributed by atoms with E-state index in [1.165, 1.54) is 12.1 Å². The van der Waals surface area contributed by atoms with Gasteiger partial charge in [-0.2, -0.15) is 21.6 Å². The van der Waals surface area contributed by atoms with E-state index >= 15 is 0 Å². The second-order valence-electron chi connectivity index (χ2n) is 5.00. The summed E-state index contributed by atoms with van der Waals surface area (Å²) in [6, 6.07) is 12.7. The van der Waals surface area contributed by atoms with Crippen LogP contribution >= 0.6 is 0 Å². The van der Waals surface area contributed by atoms with Crippen LogP contribution in [0, 0.1) is 0 Å². The lowest BCUT2D eigenvalue weighted by Gasteiger charge is -2.06. The molecule has 0 aliphatic heterocycles. The summed E-state index contributed by atoms with van der Waals surface area (Å²) in [5.74, 6) is -1.36. The lowest BCUT2D eigenvalue weighted by molar-refractivity contribution is -0.144. The average molecular weight is 369 g/mol. The van der Waals surface area contributed by atoms with Gasteiger partial charge < -0.3 is 0 Å². The molecular formula is C15H10F3N3O3S. The van der Waals surface area contributed by atoms with Crippen molar-refractivity contribution >= 4 is 10.1 Å². The van der Waals surface area contributed by atoms with Crippen LogP contribution in [0.25, 0.3) is 17.1 Å². The molecule has 1 aromatic heterocycles. The average Bonchev–Trinajstić information content (AvgIpc) is 3.00. The Bertz CT molecular complexity index is 998. The van der Waals surface area contributed by atoms with E-state index in [2.05, 4.69) is 10.1 Å². The number of nitrogens with zero attached hydrogens (tertiary/aromatic N) is 3. The number of benzene rings is 2. The normalized spacial score (nSPS) is 12.3. The third kappa shape index (κ3) is 3.54. The molecule has 2 aromatic carbocycles. The Labute approximate surface area is 140 Å². The van der Waals surface area contributed by atoms with Gasteiger partial charge in [-0.15, -0.1) is 5.10 Å². The molecule has 130 valence electrons. The van der Waals surface area contributed by atoms with Crippen LogP contribution in [0.4, 0.5) is 13.2 Å². The van der Waals surface area contributed by atoms with Gasteiger partial charge in [-0.05, 0) is 24.3 Å². The van der Waals surface area contributed by atoms with E-state index in [-0.39, 0.29) is 16.4 Å². The van der Waals surface area contributed by atoms with Gasteiger partial charge in [-0.1, -0.05) is 30.3 Å². The Kier molecular flexibility index (Phi) is 4.09. The second kappa shape index (κ2) is 5.97. The first-order chi connectivity index (χ1) is 11.7. The van der Waals surface area contributed by atoms with Crippen LogP contribution in [0.1, 0.15) is 5.82 Å². The number of aromatic nitrogens is 3. The number of halogens is 3. The van der Waals surface area contributed by atoms with Crippen LogP contribution in [0.5, 0.6) is 0 Å². The zero-order valence-electron chi connectivity index (χ0n) is 12.3. The molecule has 1 N–H and O–H groups in total. The van der Waals surface area contributed by atoms with E-state index in [1.54, 1.807) is 30.3 Å². The molecule has 0 saturated heterocycles. The lowest BCUT2D eigenvalue weighted by atomic mass is 10.2. The fourth-order valence-electron chi connectivity index (χ4n) is 2.15. The van der Waals surface area contributed by atoms with Gasteiger partial charge in [0.1, 0.15) is 0 Å². The largest absolute Gasteiger partial charge is 0.453 e. The SMILES string of the molecule is O=S(=O)(O)c1ccc(-n2nc(C(F)(F)F)nc2-c2ccccc2)cc1. The van der Waals surface area contributed by atoms with Crippen molar-refractivity contribution in [2.45, 2.75) is 11.1 Å². The monoisotopic (exact) mass is 369 g/mol. The maximum absolute atomic E-state index is 13.0. The van der Waals surface area contributed by atoms with Gasteiger partial charge in [-0.25, -0.2) is 9.67 Å². The molecule has 0 unspecified atom stereocenters. The summed E-state index contributed by atoms with van der Waals surface area (Å²) in [7, 11) is -4.41. The molecule has 10 heteroatoms. The highest BCUT2D eigenvalue weighted by Crippen LogP contribution is 2.30. The van der Waals surface area contributed by atoms with Crippen LogP contribution in [-0.2, 0) is 16.3 Å². The van der Waals surface area contributed by atoms with Crippen molar-refractivity contribution in [1.29, 1.82) is 0 Å². The van der Waals surface area contributed by atoms with Crippen molar-refractivity contribution in [3.05, 3.63) is 60.4 Å². The summed E-state index contributed by atoms with van der Waals surface area (Å²) in [6.45, 7) is 0. The zero-order valence-corrected chi connectivity index (χ0v) is 13.2. The summed E-state index contributed by atoms with van der Waals surface area (Å²) in [5.41, 5.74) is 0.568. The van der Waals surface area contributed by atoms with Crippen molar-refractivity contribution in [2.75, 3.05) is 0 Å². The highest BCUT2D eigenvalue weighted by molar-refractivity contribution is 7.85. The maximum atomic E-state index is 13.0. The Morgan fingerprint density at radius 1 is 0.960 bits per heavy atom. The molecule has 0 fully saturated rings. The smallest absolute Gasteiger partial charge is 0.282 e. The minimum absolute atomic E-state index is 0.0486. The first-order valence-electron chi connectivity index (χ1n) is 6.84. The van der Waals surface area contributed by atoms with Crippen LogP contribution in [0.2, 0.25) is 0 Å². The summed E-state index contributed by atoms with van der Waals surface area (Å²) >= 11 is 0. The van der Waals surface area contributed by atoms with Gasteiger partial charge in [0.2, 0.25) is 0 Å². The predicted molar refractivity (Wildman–Crippen MR) is 81.6 cm³/mol. The van der Waals surface area contributed by atoms with Crippen molar-refractivity contribution in [1.82, 2.24) is 14.8 Å². The Morgan fingerprint density at radius 3 is 2.08 bits per heavy atom. The molecule has 25 heavy (non-hydrogen) atoms. The van der Waals surface area contributed by atoms with Gasteiger partial charge in [0, 0.05) is 5.56 Å². The van der Waals surface area contributed by atoms with E-state index in [0.29, 0.717) is 5.56 Å². The first-order valence-corrected chi connectivity index (χ1v) is 8.28. The van der Waals surface area contributed by atoms with E-state index in [0.717, 1.165) is 16.8 Å². The van der Waals surface area contributed by atoms with Crippen LogP contribution in [0.3, 0.4) is 0 Å². The summed E-state index contributed by atoms with van der Waals surface area (Å²) in [6.07, 6.45) is -4.73. The Morgan fingerprint density at radius 2 is 1.56 bits per heavy atom. The lowest BCUT2D eigenvalue weighted by Crippen LogP contribution is -2.08. The molecule has 3 rings (SSSR count). The quantitative estimate of drug-likeness (QED) is 0.717. The Hall–Kier alpha value is -2.72. The van der Waals surface area contributed by atoms with E-state index < -0.39 is 22.1 Å². The highest BCUT2D eigenvalue weighted by atomic mass is 32.2. The van der Waals surface area contributed by atoms with Gasteiger partial charge in [0.05, 0.1) is 10.6 Å². The molecule has 6 nitrogen and oxygen atoms in total. The number of hydrogen-bond acceptors (Lipinski definition) is 4. The molecular weight excluding hydrogens is 359 g/mol. The van der Waals surface area contributed by atoms with Crippen LogP contribution in [0.15, 0.2) is 59.5 Å². The summed E-state index contributed by atoms with van der Waals surface area (Å²) < 4.78 is 71.0. The van der Waals surface area contributed by atoms with E-state index in [1.807, 2.05) is 0 Å². The minimum atomic E-state index is -4.73. The molecule has 1 heterocycles. The van der Waals surface area contributed by atoms with E-state index in [9.17, 15) is 21.6 Å². The molecule has 0 radical (unpaired) electrons. The van der Waals surface area contributed by atoms with Crippen molar-refractivity contribution < 1.29 is 26.1 Å². The molecule has 0 spiro atoms. The topological polar surface area (TPSA) is 85.1 Å². The van der Waals surface area contributed by atoms with Crippen molar-refractivity contribution in [3.8, 4) is 17.1 Å². The fraction of sp³-hybridized carbons (Fsp3) is 0.0667. The summed E-state index contributed by atoms with van der Waals surface area (Å²) in [4.78, 5) is 3.18. The standard InChI is InChI=1S/C15H10F3N3O3S/c16-15(17,18)14-19-13(10-4-2-1-3-5-10)21(20-14)11-6-8-12(9-7-11)25(22,23)24/h1-9H,(H,22,23,24).